The van der Waals surface area contributed by atoms with Crippen molar-refractivity contribution in [1.82, 2.24) is 5.32 Å². The SMILES string of the molecule is CNC(CCC1CCCCO1)COC. The highest BCUT2D eigenvalue weighted by Gasteiger charge is 2.15. The molecule has 1 fully saturated rings. The molecule has 84 valence electrons. The molecule has 0 bridgehead atoms. The summed E-state index contributed by atoms with van der Waals surface area (Å²) in [5.41, 5.74) is 0. The molecule has 1 heterocycles. The lowest BCUT2D eigenvalue weighted by Crippen LogP contribution is -2.31. The van der Waals surface area contributed by atoms with Gasteiger partial charge >= 0.3 is 0 Å². The van der Waals surface area contributed by atoms with Crippen LogP contribution in [0.25, 0.3) is 0 Å². The smallest absolute Gasteiger partial charge is 0.0615 e. The van der Waals surface area contributed by atoms with Crippen molar-refractivity contribution in [1.29, 1.82) is 0 Å². The van der Waals surface area contributed by atoms with E-state index in [9.17, 15) is 0 Å². The molecule has 14 heavy (non-hydrogen) atoms. The van der Waals surface area contributed by atoms with Crippen molar-refractivity contribution >= 4 is 0 Å². The normalized spacial score (nSPS) is 24.9. The fourth-order valence-electron chi connectivity index (χ4n) is 1.93. The molecule has 0 saturated carbocycles. The minimum Gasteiger partial charge on any atom is -0.383 e. The zero-order valence-corrected chi connectivity index (χ0v) is 9.42. The van der Waals surface area contributed by atoms with E-state index in [0.29, 0.717) is 12.1 Å². The Bertz CT molecular complexity index is 130. The summed E-state index contributed by atoms with van der Waals surface area (Å²) < 4.78 is 10.8. The second-order valence-corrected chi connectivity index (χ2v) is 4.01. The summed E-state index contributed by atoms with van der Waals surface area (Å²) in [4.78, 5) is 0. The molecular formula is C11H23NO2. The number of hydrogen-bond donors (Lipinski definition) is 1. The average molecular weight is 201 g/mol. The van der Waals surface area contributed by atoms with Gasteiger partial charge in [0.25, 0.3) is 0 Å². The van der Waals surface area contributed by atoms with Crippen LogP contribution in [0.1, 0.15) is 32.1 Å². The molecule has 1 saturated heterocycles. The Morgan fingerprint density at radius 3 is 2.93 bits per heavy atom. The Kier molecular flexibility index (Phi) is 6.15. The molecule has 3 nitrogen and oxygen atoms in total. The summed E-state index contributed by atoms with van der Waals surface area (Å²) in [6.07, 6.45) is 6.62. The zero-order chi connectivity index (χ0) is 10.2. The molecule has 0 spiro atoms. The maximum Gasteiger partial charge on any atom is 0.0615 e. The first-order valence-corrected chi connectivity index (χ1v) is 5.64. The molecule has 1 aliphatic rings. The van der Waals surface area contributed by atoms with E-state index in [1.165, 1.54) is 19.3 Å². The van der Waals surface area contributed by atoms with Gasteiger partial charge in [-0.3, -0.25) is 0 Å². The predicted octanol–water partition coefficient (Wildman–Crippen LogP) is 1.57. The van der Waals surface area contributed by atoms with Gasteiger partial charge in [-0.15, -0.1) is 0 Å². The standard InChI is InChI=1S/C11H23NO2/c1-12-10(9-13-2)6-7-11-5-3-4-8-14-11/h10-12H,3-9H2,1-2H3. The van der Waals surface area contributed by atoms with Gasteiger partial charge in [0.2, 0.25) is 0 Å². The van der Waals surface area contributed by atoms with E-state index in [1.807, 2.05) is 7.05 Å². The molecule has 0 aliphatic carbocycles. The van der Waals surface area contributed by atoms with E-state index in [4.69, 9.17) is 9.47 Å². The fraction of sp³-hybridized carbons (Fsp3) is 1.00. The van der Waals surface area contributed by atoms with Gasteiger partial charge in [0.15, 0.2) is 0 Å². The van der Waals surface area contributed by atoms with E-state index >= 15 is 0 Å². The van der Waals surface area contributed by atoms with Gasteiger partial charge in [-0.2, -0.15) is 0 Å². The third-order valence-corrected chi connectivity index (χ3v) is 2.89. The molecule has 0 aromatic heterocycles. The topological polar surface area (TPSA) is 30.5 Å². The first-order chi connectivity index (χ1) is 6.86. The molecule has 0 radical (unpaired) electrons. The quantitative estimate of drug-likeness (QED) is 0.707. The Morgan fingerprint density at radius 2 is 2.36 bits per heavy atom. The summed E-state index contributed by atoms with van der Waals surface area (Å²) in [6.45, 7) is 1.75. The minimum atomic E-state index is 0.477. The average Bonchev–Trinajstić information content (AvgIpc) is 2.25. The Labute approximate surface area is 87.2 Å². The molecule has 1 N–H and O–H groups in total. The van der Waals surface area contributed by atoms with Crippen LogP contribution in [0.5, 0.6) is 0 Å². The monoisotopic (exact) mass is 201 g/mol. The molecule has 0 amide bonds. The Balaban J connectivity index is 2.10. The van der Waals surface area contributed by atoms with Gasteiger partial charge in [0, 0.05) is 19.8 Å². The van der Waals surface area contributed by atoms with Crippen molar-refractivity contribution in [3.05, 3.63) is 0 Å². The van der Waals surface area contributed by atoms with E-state index in [-0.39, 0.29) is 0 Å². The molecule has 3 heteroatoms. The van der Waals surface area contributed by atoms with Crippen molar-refractivity contribution in [3.63, 3.8) is 0 Å². The van der Waals surface area contributed by atoms with Crippen LogP contribution in [0, 0.1) is 0 Å². The summed E-state index contributed by atoms with van der Waals surface area (Å²) >= 11 is 0. The number of rotatable bonds is 6. The Morgan fingerprint density at radius 1 is 1.50 bits per heavy atom. The first kappa shape index (κ1) is 12.0. The van der Waals surface area contributed by atoms with Crippen molar-refractivity contribution in [2.75, 3.05) is 27.4 Å². The van der Waals surface area contributed by atoms with E-state index in [1.54, 1.807) is 7.11 Å². The zero-order valence-electron chi connectivity index (χ0n) is 9.42. The summed E-state index contributed by atoms with van der Waals surface area (Å²) in [7, 11) is 3.74. The molecular weight excluding hydrogens is 178 g/mol. The summed E-state index contributed by atoms with van der Waals surface area (Å²) in [5, 5.41) is 3.26. The molecule has 0 aromatic rings. The van der Waals surface area contributed by atoms with Gasteiger partial charge < -0.3 is 14.8 Å². The maximum atomic E-state index is 5.68. The largest absolute Gasteiger partial charge is 0.383 e. The second-order valence-electron chi connectivity index (χ2n) is 4.01. The van der Waals surface area contributed by atoms with E-state index < -0.39 is 0 Å². The van der Waals surface area contributed by atoms with Gasteiger partial charge in [-0.25, -0.2) is 0 Å². The lowest BCUT2D eigenvalue weighted by atomic mass is 10.0. The number of ether oxygens (including phenoxy) is 2. The fourth-order valence-corrected chi connectivity index (χ4v) is 1.93. The third-order valence-electron chi connectivity index (χ3n) is 2.89. The highest BCUT2D eigenvalue weighted by molar-refractivity contribution is 4.69. The van der Waals surface area contributed by atoms with E-state index in [2.05, 4.69) is 5.32 Å². The van der Waals surface area contributed by atoms with Crippen LogP contribution in [0.4, 0.5) is 0 Å². The van der Waals surface area contributed by atoms with Gasteiger partial charge in [0.1, 0.15) is 0 Å². The van der Waals surface area contributed by atoms with Crippen LogP contribution in [-0.2, 0) is 9.47 Å². The number of nitrogens with one attached hydrogen (secondary N) is 1. The first-order valence-electron chi connectivity index (χ1n) is 5.64. The molecule has 1 aliphatic heterocycles. The number of likely N-dealkylation sites (N-methyl/N-ethyl adjacent to an activating group) is 1. The van der Waals surface area contributed by atoms with E-state index in [0.717, 1.165) is 26.1 Å². The van der Waals surface area contributed by atoms with Crippen molar-refractivity contribution in [2.45, 2.75) is 44.2 Å². The summed E-state index contributed by atoms with van der Waals surface area (Å²) in [6, 6.07) is 0.477. The highest BCUT2D eigenvalue weighted by atomic mass is 16.5. The minimum absolute atomic E-state index is 0.477. The molecule has 2 atom stereocenters. The van der Waals surface area contributed by atoms with Crippen molar-refractivity contribution in [3.8, 4) is 0 Å². The van der Waals surface area contributed by atoms with Crippen molar-refractivity contribution in [2.24, 2.45) is 0 Å². The van der Waals surface area contributed by atoms with Gasteiger partial charge in [-0.1, -0.05) is 0 Å². The van der Waals surface area contributed by atoms with Crippen LogP contribution in [0.15, 0.2) is 0 Å². The van der Waals surface area contributed by atoms with Crippen LogP contribution >= 0.6 is 0 Å². The lowest BCUT2D eigenvalue weighted by Gasteiger charge is -2.24. The molecule has 1 rings (SSSR count). The number of hydrogen-bond acceptors (Lipinski definition) is 3. The van der Waals surface area contributed by atoms with Crippen LogP contribution in [0.2, 0.25) is 0 Å². The third kappa shape index (κ3) is 4.40. The lowest BCUT2D eigenvalue weighted by molar-refractivity contribution is 0.00711. The predicted molar refractivity (Wildman–Crippen MR) is 57.5 cm³/mol. The molecule has 2 unspecified atom stereocenters. The Hall–Kier alpha value is -0.120. The highest BCUT2D eigenvalue weighted by Crippen LogP contribution is 2.17. The van der Waals surface area contributed by atoms with Gasteiger partial charge in [-0.05, 0) is 39.2 Å². The second kappa shape index (κ2) is 7.21. The maximum absolute atomic E-state index is 5.68. The van der Waals surface area contributed by atoms with Gasteiger partial charge in [0.05, 0.1) is 12.7 Å². The van der Waals surface area contributed by atoms with Crippen LogP contribution < -0.4 is 5.32 Å². The van der Waals surface area contributed by atoms with Crippen molar-refractivity contribution < 1.29 is 9.47 Å². The summed E-state index contributed by atoms with van der Waals surface area (Å²) in [5.74, 6) is 0. The molecule has 0 aromatic carbocycles. The van der Waals surface area contributed by atoms with Crippen LogP contribution in [0.3, 0.4) is 0 Å². The number of methoxy groups -OCH3 is 1. The van der Waals surface area contributed by atoms with Crippen LogP contribution in [-0.4, -0.2) is 39.5 Å².